The largest absolute Gasteiger partial charge is 0.508 e. The van der Waals surface area contributed by atoms with E-state index >= 15 is 0 Å². The molecule has 0 amide bonds. The molecule has 0 saturated heterocycles. The Hall–Kier alpha value is -2.60. The maximum Gasteiger partial charge on any atom is 0.162 e. The first-order chi connectivity index (χ1) is 17.5. The van der Waals surface area contributed by atoms with Crippen molar-refractivity contribution in [3.63, 3.8) is 0 Å². The number of unbranched alkanes of at least 4 members (excludes halogenated alkanes) is 3. The van der Waals surface area contributed by atoms with Crippen LogP contribution in [0, 0.1) is 0 Å². The lowest BCUT2D eigenvalue weighted by Crippen LogP contribution is -2.33. The standard InChI is InChI=1S/C31H46O6/c1-7-10-12-15-30(4,5)36-26-14-13-21(17-28(26)37-31(6,9-3)16-11-8-2)29-25(34)20-23-24(33)18-22(32)19-27(23)35-29/h13-14,17-19,25,29,32-34H,7-12,15-16,20H2,1-6H3/t25-,29-,31?/m1/s1. The van der Waals surface area contributed by atoms with Crippen molar-refractivity contribution in [2.24, 2.45) is 0 Å². The Kier molecular flexibility index (Phi) is 9.63. The maximum absolute atomic E-state index is 11.0. The fourth-order valence-corrected chi connectivity index (χ4v) is 4.88. The number of phenols is 2. The van der Waals surface area contributed by atoms with E-state index in [1.807, 2.05) is 18.2 Å². The summed E-state index contributed by atoms with van der Waals surface area (Å²) in [6.45, 7) is 12.9. The van der Waals surface area contributed by atoms with Crippen molar-refractivity contribution in [3.8, 4) is 28.7 Å². The number of phenolic OH excluding ortho intramolecular Hbond substituents is 2. The first-order valence-corrected chi connectivity index (χ1v) is 13.9. The number of ether oxygens (including phenoxy) is 3. The van der Waals surface area contributed by atoms with Gasteiger partial charge in [0.05, 0.1) is 6.10 Å². The number of hydrogen-bond acceptors (Lipinski definition) is 6. The third-order valence-corrected chi connectivity index (χ3v) is 7.42. The number of aliphatic hydroxyl groups is 1. The summed E-state index contributed by atoms with van der Waals surface area (Å²) in [5, 5.41) is 31.1. The number of aromatic hydroxyl groups is 2. The van der Waals surface area contributed by atoms with Gasteiger partial charge in [-0.05, 0) is 70.6 Å². The number of hydrogen-bond donors (Lipinski definition) is 3. The average molecular weight is 515 g/mol. The van der Waals surface area contributed by atoms with E-state index in [4.69, 9.17) is 14.2 Å². The molecule has 6 heteroatoms. The molecule has 1 aliphatic heterocycles. The molecule has 6 nitrogen and oxygen atoms in total. The zero-order valence-electron chi connectivity index (χ0n) is 23.5. The van der Waals surface area contributed by atoms with Crippen molar-refractivity contribution in [1.82, 2.24) is 0 Å². The van der Waals surface area contributed by atoms with Gasteiger partial charge >= 0.3 is 0 Å². The molecular formula is C31H46O6. The molecule has 1 aliphatic rings. The summed E-state index contributed by atoms with van der Waals surface area (Å²) in [7, 11) is 0. The van der Waals surface area contributed by atoms with Gasteiger partial charge in [-0.1, -0.05) is 46.1 Å². The van der Waals surface area contributed by atoms with Crippen LogP contribution in [0.2, 0.25) is 0 Å². The summed E-state index contributed by atoms with van der Waals surface area (Å²) in [4.78, 5) is 0. The Balaban J connectivity index is 1.96. The fourth-order valence-electron chi connectivity index (χ4n) is 4.88. The molecular weight excluding hydrogens is 468 g/mol. The molecule has 0 radical (unpaired) electrons. The van der Waals surface area contributed by atoms with E-state index in [1.165, 1.54) is 18.6 Å². The molecule has 0 spiro atoms. The highest BCUT2D eigenvalue weighted by molar-refractivity contribution is 5.52. The lowest BCUT2D eigenvalue weighted by Gasteiger charge is -2.35. The highest BCUT2D eigenvalue weighted by Crippen LogP contribution is 2.44. The molecule has 206 valence electrons. The molecule has 0 aromatic heterocycles. The summed E-state index contributed by atoms with van der Waals surface area (Å²) in [5.74, 6) is 1.53. The summed E-state index contributed by atoms with van der Waals surface area (Å²) >= 11 is 0. The van der Waals surface area contributed by atoms with Crippen molar-refractivity contribution in [1.29, 1.82) is 0 Å². The Morgan fingerprint density at radius 2 is 1.62 bits per heavy atom. The van der Waals surface area contributed by atoms with Crippen LogP contribution < -0.4 is 14.2 Å². The molecule has 1 unspecified atom stereocenters. The zero-order chi connectivity index (χ0) is 27.2. The van der Waals surface area contributed by atoms with Gasteiger partial charge in [0.2, 0.25) is 0 Å². The second kappa shape index (κ2) is 12.3. The predicted molar refractivity (Wildman–Crippen MR) is 147 cm³/mol. The van der Waals surface area contributed by atoms with E-state index in [1.54, 1.807) is 0 Å². The Bertz CT molecular complexity index is 1030. The quantitative estimate of drug-likeness (QED) is 0.238. The van der Waals surface area contributed by atoms with E-state index in [-0.39, 0.29) is 29.1 Å². The van der Waals surface area contributed by atoms with Gasteiger partial charge in [-0.15, -0.1) is 0 Å². The van der Waals surface area contributed by atoms with Crippen molar-refractivity contribution >= 4 is 0 Å². The number of rotatable bonds is 13. The normalized spacial score (nSPS) is 19.0. The van der Waals surface area contributed by atoms with Crippen molar-refractivity contribution < 1.29 is 29.5 Å². The highest BCUT2D eigenvalue weighted by Gasteiger charge is 2.34. The summed E-state index contributed by atoms with van der Waals surface area (Å²) in [6, 6.07) is 8.46. The topological polar surface area (TPSA) is 88.4 Å². The molecule has 3 N–H and O–H groups in total. The smallest absolute Gasteiger partial charge is 0.162 e. The van der Waals surface area contributed by atoms with Crippen LogP contribution in [0.1, 0.15) is 110 Å². The van der Waals surface area contributed by atoms with Gasteiger partial charge in [0.1, 0.15) is 34.6 Å². The predicted octanol–water partition coefficient (Wildman–Crippen LogP) is 7.61. The van der Waals surface area contributed by atoms with Crippen LogP contribution in [0.3, 0.4) is 0 Å². The Morgan fingerprint density at radius 3 is 2.30 bits per heavy atom. The first-order valence-electron chi connectivity index (χ1n) is 13.9. The van der Waals surface area contributed by atoms with E-state index < -0.39 is 12.2 Å². The minimum absolute atomic E-state index is 0.0831. The lowest BCUT2D eigenvalue weighted by molar-refractivity contribution is 0.0187. The number of aliphatic hydroxyl groups excluding tert-OH is 1. The molecule has 1 heterocycles. The SMILES string of the molecule is CCCCCC(C)(C)Oc1ccc([C@H]2Oc3cc(O)cc(O)c3C[C@H]2O)cc1OC(C)(CC)CCCC. The van der Waals surface area contributed by atoms with Crippen molar-refractivity contribution in [2.45, 2.75) is 123 Å². The van der Waals surface area contributed by atoms with Crippen LogP contribution in [0.5, 0.6) is 28.7 Å². The maximum atomic E-state index is 11.0. The highest BCUT2D eigenvalue weighted by atomic mass is 16.5. The van der Waals surface area contributed by atoms with Crippen molar-refractivity contribution in [3.05, 3.63) is 41.5 Å². The van der Waals surface area contributed by atoms with Crippen LogP contribution in [-0.2, 0) is 6.42 Å². The summed E-state index contributed by atoms with van der Waals surface area (Å²) in [5.41, 5.74) is 0.538. The zero-order valence-corrected chi connectivity index (χ0v) is 23.5. The molecule has 2 aromatic carbocycles. The minimum Gasteiger partial charge on any atom is -0.508 e. The molecule has 3 atom stereocenters. The van der Waals surface area contributed by atoms with Gasteiger partial charge in [-0.2, -0.15) is 0 Å². The number of fused-ring (bicyclic) bond motifs is 1. The Labute approximate surface area is 222 Å². The molecule has 3 rings (SSSR count). The van der Waals surface area contributed by atoms with Gasteiger partial charge in [0, 0.05) is 24.1 Å². The van der Waals surface area contributed by atoms with Gasteiger partial charge < -0.3 is 29.5 Å². The second-order valence-corrected chi connectivity index (χ2v) is 11.3. The Morgan fingerprint density at radius 1 is 0.892 bits per heavy atom. The summed E-state index contributed by atoms with van der Waals surface area (Å²) in [6.07, 6.45) is 6.98. The third kappa shape index (κ3) is 7.47. The van der Waals surface area contributed by atoms with E-state index in [0.29, 0.717) is 22.8 Å². The molecule has 0 fully saturated rings. The lowest BCUT2D eigenvalue weighted by atomic mass is 9.93. The van der Waals surface area contributed by atoms with Crippen LogP contribution in [0.25, 0.3) is 0 Å². The van der Waals surface area contributed by atoms with Crippen LogP contribution in [0.15, 0.2) is 30.3 Å². The first kappa shape index (κ1) is 29.0. The van der Waals surface area contributed by atoms with Crippen LogP contribution in [0.4, 0.5) is 0 Å². The molecule has 37 heavy (non-hydrogen) atoms. The van der Waals surface area contributed by atoms with Gasteiger partial charge in [0.25, 0.3) is 0 Å². The van der Waals surface area contributed by atoms with Gasteiger partial charge in [0.15, 0.2) is 11.5 Å². The van der Waals surface area contributed by atoms with Gasteiger partial charge in [-0.3, -0.25) is 0 Å². The minimum atomic E-state index is -0.870. The molecule has 0 saturated carbocycles. The molecule has 2 aromatic rings. The molecule has 0 aliphatic carbocycles. The van der Waals surface area contributed by atoms with Crippen LogP contribution >= 0.6 is 0 Å². The van der Waals surface area contributed by atoms with Crippen molar-refractivity contribution in [2.75, 3.05) is 0 Å². The fraction of sp³-hybridized carbons (Fsp3) is 0.613. The van der Waals surface area contributed by atoms with Crippen LogP contribution in [-0.4, -0.2) is 32.6 Å². The van der Waals surface area contributed by atoms with E-state index in [0.717, 1.165) is 50.5 Å². The molecule has 0 bridgehead atoms. The third-order valence-electron chi connectivity index (χ3n) is 7.42. The van der Waals surface area contributed by atoms with Gasteiger partial charge in [-0.25, -0.2) is 0 Å². The number of benzene rings is 2. The average Bonchev–Trinajstić information content (AvgIpc) is 2.84. The second-order valence-electron chi connectivity index (χ2n) is 11.3. The van der Waals surface area contributed by atoms with E-state index in [9.17, 15) is 15.3 Å². The monoisotopic (exact) mass is 514 g/mol. The summed E-state index contributed by atoms with van der Waals surface area (Å²) < 4.78 is 19.3. The van der Waals surface area contributed by atoms with E-state index in [2.05, 4.69) is 41.5 Å².